The predicted molar refractivity (Wildman–Crippen MR) is 65.5 cm³/mol. The highest BCUT2D eigenvalue weighted by Gasteiger charge is 2.21. The number of carbonyl (C=O) groups is 2. The summed E-state index contributed by atoms with van der Waals surface area (Å²) in [6.45, 7) is 2.18. The van der Waals surface area contributed by atoms with E-state index in [0.717, 1.165) is 25.9 Å². The Bertz CT molecular complexity index is 226. The van der Waals surface area contributed by atoms with Gasteiger partial charge in [-0.15, -0.1) is 0 Å². The molecule has 1 saturated heterocycles. The first-order valence-corrected chi connectivity index (χ1v) is 6.56. The number of nitrogens with zero attached hydrogens (tertiary/aromatic N) is 1. The second-order valence-electron chi connectivity index (χ2n) is 3.92. The number of rotatable bonds is 4. The van der Waals surface area contributed by atoms with Crippen LogP contribution >= 0.6 is 15.9 Å². The summed E-state index contributed by atoms with van der Waals surface area (Å²) in [5.74, 6) is 0.0766. The second-order valence-corrected chi connectivity index (χ2v) is 4.49. The minimum Gasteiger partial charge on any atom is -0.358 e. The fraction of sp³-hybridized carbons (Fsp3) is 0.800. The highest BCUT2D eigenvalue weighted by molar-refractivity contribution is 9.09. The zero-order valence-corrected chi connectivity index (χ0v) is 11.0. The Balaban J connectivity index is 2.23. The van der Waals surface area contributed by atoms with E-state index in [1.54, 1.807) is 7.05 Å². The van der Waals surface area contributed by atoms with E-state index in [9.17, 15) is 9.59 Å². The Morgan fingerprint density at radius 2 is 1.94 bits per heavy atom. The molecule has 0 unspecified atom stereocenters. The molecule has 0 aliphatic carbocycles. The number of likely N-dealkylation sites (N-methyl/N-ethyl adjacent to an activating group) is 1. The van der Waals surface area contributed by atoms with Crippen molar-refractivity contribution in [2.75, 3.05) is 32.0 Å². The van der Waals surface area contributed by atoms with Gasteiger partial charge in [0.1, 0.15) is 0 Å². The molecular weight excluding hydrogens is 274 g/mol. The van der Waals surface area contributed by atoms with Gasteiger partial charge in [-0.1, -0.05) is 15.9 Å². The number of nitrogens with one attached hydrogen (secondary N) is 2. The summed E-state index contributed by atoms with van der Waals surface area (Å²) in [6.07, 6.45) is 1.82. The van der Waals surface area contributed by atoms with E-state index in [1.807, 2.05) is 0 Å². The van der Waals surface area contributed by atoms with Crippen LogP contribution in [0.25, 0.3) is 0 Å². The van der Waals surface area contributed by atoms with Crippen LogP contribution in [0.1, 0.15) is 12.8 Å². The van der Waals surface area contributed by atoms with Crippen LogP contribution in [0.2, 0.25) is 0 Å². The Hall–Kier alpha value is -0.620. The maximum absolute atomic E-state index is 11.2. The molecule has 1 heterocycles. The third-order valence-electron chi connectivity index (χ3n) is 2.72. The van der Waals surface area contributed by atoms with Gasteiger partial charge in [-0.3, -0.25) is 14.5 Å². The molecule has 0 aromatic heterocycles. The quantitative estimate of drug-likeness (QED) is 0.700. The minimum atomic E-state index is 0.0322. The molecule has 1 rings (SSSR count). The van der Waals surface area contributed by atoms with Crippen LogP contribution < -0.4 is 10.6 Å². The van der Waals surface area contributed by atoms with E-state index in [-0.39, 0.29) is 17.9 Å². The van der Waals surface area contributed by atoms with E-state index in [0.29, 0.717) is 11.9 Å². The lowest BCUT2D eigenvalue weighted by Crippen LogP contribution is -2.47. The average molecular weight is 292 g/mol. The van der Waals surface area contributed by atoms with Crippen LogP contribution in [0.4, 0.5) is 0 Å². The third kappa shape index (κ3) is 4.49. The Morgan fingerprint density at radius 3 is 2.44 bits per heavy atom. The van der Waals surface area contributed by atoms with Gasteiger partial charge in [-0.05, 0) is 12.8 Å². The zero-order valence-electron chi connectivity index (χ0n) is 9.46. The first-order chi connectivity index (χ1) is 7.65. The molecule has 16 heavy (non-hydrogen) atoms. The molecule has 0 spiro atoms. The number of halogens is 1. The fourth-order valence-corrected chi connectivity index (χ4v) is 1.95. The smallest absolute Gasteiger partial charge is 0.233 e. The van der Waals surface area contributed by atoms with Gasteiger partial charge in [0.05, 0.1) is 11.9 Å². The molecule has 1 aliphatic rings. The highest BCUT2D eigenvalue weighted by atomic mass is 79.9. The largest absolute Gasteiger partial charge is 0.358 e. The molecule has 0 aromatic carbocycles. The summed E-state index contributed by atoms with van der Waals surface area (Å²) in [6, 6.07) is 0.256. The number of carbonyl (C=O) groups excluding carboxylic acids is 2. The van der Waals surface area contributed by atoms with Crippen molar-refractivity contribution in [3.05, 3.63) is 0 Å². The van der Waals surface area contributed by atoms with Gasteiger partial charge >= 0.3 is 0 Å². The van der Waals surface area contributed by atoms with Crippen LogP contribution in [0.15, 0.2) is 0 Å². The van der Waals surface area contributed by atoms with Gasteiger partial charge in [0.25, 0.3) is 0 Å². The van der Waals surface area contributed by atoms with E-state index < -0.39 is 0 Å². The minimum absolute atomic E-state index is 0.0322. The molecule has 5 nitrogen and oxygen atoms in total. The summed E-state index contributed by atoms with van der Waals surface area (Å²) < 4.78 is 0. The van der Waals surface area contributed by atoms with Crippen molar-refractivity contribution in [1.82, 2.24) is 15.5 Å². The normalized spacial score (nSPS) is 18.1. The molecule has 0 atom stereocenters. The van der Waals surface area contributed by atoms with E-state index in [4.69, 9.17) is 0 Å². The van der Waals surface area contributed by atoms with Crippen molar-refractivity contribution in [2.45, 2.75) is 18.9 Å². The van der Waals surface area contributed by atoms with Crippen molar-refractivity contribution < 1.29 is 9.59 Å². The highest BCUT2D eigenvalue weighted by Crippen LogP contribution is 2.09. The molecule has 0 bridgehead atoms. The van der Waals surface area contributed by atoms with Crippen LogP contribution in [0.3, 0.4) is 0 Å². The molecule has 6 heteroatoms. The van der Waals surface area contributed by atoms with E-state index in [2.05, 4.69) is 31.5 Å². The molecule has 1 fully saturated rings. The number of hydrogen-bond acceptors (Lipinski definition) is 3. The number of likely N-dealkylation sites (tertiary alicyclic amines) is 1. The molecule has 0 saturated carbocycles. The molecule has 0 aromatic rings. The van der Waals surface area contributed by atoms with Crippen LogP contribution in [-0.4, -0.2) is 54.8 Å². The molecule has 1 aliphatic heterocycles. The average Bonchev–Trinajstić information content (AvgIpc) is 2.31. The fourth-order valence-electron chi connectivity index (χ4n) is 1.78. The summed E-state index contributed by atoms with van der Waals surface area (Å²) in [4.78, 5) is 24.4. The SMILES string of the molecule is CNC(=O)CN1CCC(NC(=O)CBr)CC1. The van der Waals surface area contributed by atoms with Crippen LogP contribution in [0.5, 0.6) is 0 Å². The Labute approximate surface area is 104 Å². The lowest BCUT2D eigenvalue weighted by atomic mass is 10.1. The van der Waals surface area contributed by atoms with Crippen molar-refractivity contribution >= 4 is 27.7 Å². The summed E-state index contributed by atoms with van der Waals surface area (Å²) >= 11 is 3.12. The standard InChI is InChI=1S/C10H18BrN3O2/c1-12-10(16)7-14-4-2-8(3-5-14)13-9(15)6-11/h8H,2-7H2,1H3,(H,12,16)(H,13,15). The van der Waals surface area contributed by atoms with Crippen molar-refractivity contribution in [1.29, 1.82) is 0 Å². The maximum Gasteiger partial charge on any atom is 0.233 e. The summed E-state index contributed by atoms with van der Waals surface area (Å²) in [5.41, 5.74) is 0. The van der Waals surface area contributed by atoms with Crippen LogP contribution in [-0.2, 0) is 9.59 Å². The first-order valence-electron chi connectivity index (χ1n) is 5.44. The van der Waals surface area contributed by atoms with Gasteiger partial charge in [-0.2, -0.15) is 0 Å². The number of hydrogen-bond donors (Lipinski definition) is 2. The van der Waals surface area contributed by atoms with E-state index >= 15 is 0 Å². The lowest BCUT2D eigenvalue weighted by Gasteiger charge is -2.31. The van der Waals surface area contributed by atoms with Gasteiger partial charge in [0.2, 0.25) is 11.8 Å². The number of alkyl halides is 1. The monoisotopic (exact) mass is 291 g/mol. The summed E-state index contributed by atoms with van der Waals surface area (Å²) in [5, 5.41) is 5.90. The lowest BCUT2D eigenvalue weighted by molar-refractivity contribution is -0.123. The molecule has 2 amide bonds. The Kier molecular flexibility index (Phi) is 5.76. The van der Waals surface area contributed by atoms with Crippen LogP contribution in [0, 0.1) is 0 Å². The number of amides is 2. The van der Waals surface area contributed by atoms with Gasteiger partial charge in [0, 0.05) is 26.2 Å². The van der Waals surface area contributed by atoms with Gasteiger partial charge in [0.15, 0.2) is 0 Å². The number of piperidine rings is 1. The van der Waals surface area contributed by atoms with Crippen molar-refractivity contribution in [3.63, 3.8) is 0 Å². The Morgan fingerprint density at radius 1 is 1.31 bits per heavy atom. The topological polar surface area (TPSA) is 61.4 Å². The third-order valence-corrected chi connectivity index (χ3v) is 3.23. The molecule has 0 radical (unpaired) electrons. The second kappa shape index (κ2) is 6.85. The van der Waals surface area contributed by atoms with Gasteiger partial charge < -0.3 is 10.6 Å². The van der Waals surface area contributed by atoms with E-state index in [1.165, 1.54) is 0 Å². The van der Waals surface area contributed by atoms with Gasteiger partial charge in [-0.25, -0.2) is 0 Å². The first kappa shape index (κ1) is 13.4. The molecular formula is C10H18BrN3O2. The summed E-state index contributed by atoms with van der Waals surface area (Å²) in [7, 11) is 1.64. The molecule has 2 N–H and O–H groups in total. The van der Waals surface area contributed by atoms with Crippen molar-refractivity contribution in [2.24, 2.45) is 0 Å². The predicted octanol–water partition coefficient (Wildman–Crippen LogP) is -0.292. The van der Waals surface area contributed by atoms with Crippen molar-refractivity contribution in [3.8, 4) is 0 Å². The zero-order chi connectivity index (χ0) is 12.0. The molecule has 92 valence electrons. The maximum atomic E-state index is 11.2.